The Balaban J connectivity index is 2.47. The fraction of sp³-hybridized carbons (Fsp3) is 0.350. The fourth-order valence-electron chi connectivity index (χ4n) is 2.53. The van der Waals surface area contributed by atoms with E-state index < -0.39 is 19.7 Å². The van der Waals surface area contributed by atoms with Crippen LogP contribution in [0.4, 0.5) is 0 Å². The monoisotopic (exact) mass is 408 g/mol. The molecule has 0 aromatic heterocycles. The van der Waals surface area contributed by atoms with Crippen molar-refractivity contribution in [2.24, 2.45) is 0 Å². The minimum atomic E-state index is -3.94. The van der Waals surface area contributed by atoms with Crippen molar-refractivity contribution in [3.05, 3.63) is 59.7 Å². The van der Waals surface area contributed by atoms with Crippen molar-refractivity contribution in [2.45, 2.75) is 20.0 Å². The zero-order valence-electron chi connectivity index (χ0n) is 16.4. The van der Waals surface area contributed by atoms with E-state index in [-0.39, 0.29) is 18.8 Å². The van der Waals surface area contributed by atoms with E-state index in [1.54, 1.807) is 56.3 Å². The lowest BCUT2D eigenvalue weighted by Crippen LogP contribution is -2.17. The molecular weight excluding hydrogens is 383 g/mol. The van der Waals surface area contributed by atoms with Gasteiger partial charge in [-0.05, 0) is 31.5 Å². The van der Waals surface area contributed by atoms with Crippen LogP contribution in [-0.2, 0) is 18.1 Å². The second-order valence-corrected chi connectivity index (χ2v) is 7.27. The zero-order chi connectivity index (χ0) is 20.6. The Labute approximate surface area is 165 Å². The Morgan fingerprint density at radius 2 is 1.46 bits per heavy atom. The minimum absolute atomic E-state index is 0.111. The highest BCUT2D eigenvalue weighted by atomic mass is 31.2. The van der Waals surface area contributed by atoms with Crippen molar-refractivity contribution in [1.82, 2.24) is 0 Å². The van der Waals surface area contributed by atoms with Crippen molar-refractivity contribution in [1.29, 1.82) is 0 Å². The molecule has 1 atom stereocenters. The molecule has 0 heterocycles. The highest BCUT2D eigenvalue weighted by Gasteiger charge is 2.35. The molecule has 2 aromatic carbocycles. The largest absolute Gasteiger partial charge is 0.497 e. The summed E-state index contributed by atoms with van der Waals surface area (Å²) in [5, 5.41) is 0. The van der Waals surface area contributed by atoms with E-state index in [1.165, 1.54) is 14.2 Å². The summed E-state index contributed by atoms with van der Waals surface area (Å²) in [7, 11) is -0.951. The average Bonchev–Trinajstić information content (AvgIpc) is 2.72. The van der Waals surface area contributed by atoms with Crippen LogP contribution in [0, 0.1) is 0 Å². The molecule has 0 bridgehead atoms. The first-order valence-corrected chi connectivity index (χ1v) is 10.3. The standard InChI is InChI=1S/C20H25O7P/c1-5-25-28(22,26-6-2)27-20(15-10-8-7-9-11-15)19(21)16-12-17(23-3)14-18(13-16)24-4/h7-14,20H,5-6H2,1-4H3. The molecule has 0 saturated heterocycles. The molecule has 8 heteroatoms. The van der Waals surface area contributed by atoms with Crippen LogP contribution in [-0.4, -0.2) is 33.2 Å². The van der Waals surface area contributed by atoms with E-state index in [0.717, 1.165) is 0 Å². The van der Waals surface area contributed by atoms with Gasteiger partial charge in [0.1, 0.15) is 11.5 Å². The van der Waals surface area contributed by atoms with Crippen LogP contribution in [0.25, 0.3) is 0 Å². The minimum Gasteiger partial charge on any atom is -0.497 e. The molecule has 0 radical (unpaired) electrons. The predicted molar refractivity (Wildman–Crippen MR) is 105 cm³/mol. The van der Waals surface area contributed by atoms with Crippen molar-refractivity contribution >= 4 is 13.6 Å². The van der Waals surface area contributed by atoms with Crippen molar-refractivity contribution in [3.8, 4) is 11.5 Å². The Morgan fingerprint density at radius 1 is 0.929 bits per heavy atom. The third-order valence-corrected chi connectivity index (χ3v) is 5.40. The number of ether oxygens (including phenoxy) is 2. The van der Waals surface area contributed by atoms with Gasteiger partial charge in [-0.1, -0.05) is 30.3 Å². The highest BCUT2D eigenvalue weighted by molar-refractivity contribution is 7.48. The van der Waals surface area contributed by atoms with Gasteiger partial charge in [-0.3, -0.25) is 18.4 Å². The quantitative estimate of drug-likeness (QED) is 0.389. The summed E-state index contributed by atoms with van der Waals surface area (Å²) in [6.45, 7) is 3.56. The van der Waals surface area contributed by atoms with Gasteiger partial charge in [0.15, 0.2) is 11.9 Å². The Hall–Kier alpha value is -2.18. The number of methoxy groups -OCH3 is 2. The van der Waals surface area contributed by atoms with Crippen molar-refractivity contribution in [2.75, 3.05) is 27.4 Å². The lowest BCUT2D eigenvalue weighted by Gasteiger charge is -2.23. The number of Topliss-reactive ketones (excluding diaryl/α,β-unsaturated/α-hetero) is 1. The summed E-state index contributed by atoms with van der Waals surface area (Å²) in [6, 6.07) is 13.5. The number of hydrogen-bond acceptors (Lipinski definition) is 7. The zero-order valence-corrected chi connectivity index (χ0v) is 17.3. The number of benzene rings is 2. The fourth-order valence-corrected chi connectivity index (χ4v) is 3.84. The van der Waals surface area contributed by atoms with Crippen LogP contribution in [0.1, 0.15) is 35.9 Å². The summed E-state index contributed by atoms with van der Waals surface area (Å²) in [5.74, 6) is 0.475. The maximum Gasteiger partial charge on any atom is 0.475 e. The number of phosphoric ester groups is 1. The molecule has 2 rings (SSSR count). The van der Waals surface area contributed by atoms with Gasteiger partial charge in [-0.25, -0.2) is 4.57 Å². The van der Waals surface area contributed by atoms with Gasteiger partial charge in [0, 0.05) is 11.6 Å². The van der Waals surface area contributed by atoms with Crippen LogP contribution in [0.3, 0.4) is 0 Å². The first-order chi connectivity index (χ1) is 13.5. The molecule has 0 aliphatic carbocycles. The van der Waals surface area contributed by atoms with Crippen molar-refractivity contribution < 1.29 is 32.4 Å². The molecule has 7 nitrogen and oxygen atoms in total. The Morgan fingerprint density at radius 3 is 1.93 bits per heavy atom. The van der Waals surface area contributed by atoms with Crippen LogP contribution >= 0.6 is 7.82 Å². The van der Waals surface area contributed by atoms with Gasteiger partial charge in [0.05, 0.1) is 27.4 Å². The molecule has 0 saturated carbocycles. The average molecular weight is 408 g/mol. The van der Waals surface area contributed by atoms with Gasteiger partial charge in [0.2, 0.25) is 0 Å². The van der Waals surface area contributed by atoms with Crippen LogP contribution in [0.15, 0.2) is 48.5 Å². The summed E-state index contributed by atoms with van der Waals surface area (Å²) in [4.78, 5) is 13.3. The number of ketones is 1. The molecule has 0 amide bonds. The van der Waals surface area contributed by atoms with E-state index in [9.17, 15) is 9.36 Å². The topological polar surface area (TPSA) is 80.3 Å². The normalized spacial score (nSPS) is 12.4. The van der Waals surface area contributed by atoms with Crippen molar-refractivity contribution in [3.63, 3.8) is 0 Å². The van der Waals surface area contributed by atoms with Crippen LogP contribution in [0.2, 0.25) is 0 Å². The number of phosphoric acid groups is 1. The van der Waals surface area contributed by atoms with Gasteiger partial charge >= 0.3 is 7.82 Å². The molecule has 0 aliphatic rings. The molecule has 0 aliphatic heterocycles. The number of carbonyl (C=O) groups excluding carboxylic acids is 1. The molecular formula is C20H25O7P. The van der Waals surface area contributed by atoms with E-state index in [2.05, 4.69) is 0 Å². The van der Waals surface area contributed by atoms with E-state index in [0.29, 0.717) is 17.1 Å². The predicted octanol–water partition coefficient (Wildman–Crippen LogP) is 4.83. The maximum absolute atomic E-state index is 13.3. The summed E-state index contributed by atoms with van der Waals surface area (Å²) >= 11 is 0. The van der Waals surface area contributed by atoms with Gasteiger partial charge in [-0.15, -0.1) is 0 Å². The molecule has 0 spiro atoms. The molecule has 1 unspecified atom stereocenters. The number of hydrogen-bond donors (Lipinski definition) is 0. The number of carbonyl (C=O) groups is 1. The second-order valence-electron chi connectivity index (χ2n) is 5.64. The second kappa shape index (κ2) is 10.4. The number of rotatable bonds is 11. The third kappa shape index (κ3) is 5.66. The molecule has 28 heavy (non-hydrogen) atoms. The summed E-state index contributed by atoms with van der Waals surface area (Å²) in [5.41, 5.74) is 0.804. The first kappa shape index (κ1) is 22.1. The van der Waals surface area contributed by atoms with Crippen LogP contribution in [0.5, 0.6) is 11.5 Å². The third-order valence-electron chi connectivity index (χ3n) is 3.79. The Kier molecular flexibility index (Phi) is 8.20. The first-order valence-electron chi connectivity index (χ1n) is 8.86. The van der Waals surface area contributed by atoms with E-state index in [1.807, 2.05) is 6.07 Å². The lowest BCUT2D eigenvalue weighted by molar-refractivity contribution is 0.0593. The molecule has 152 valence electrons. The highest BCUT2D eigenvalue weighted by Crippen LogP contribution is 2.53. The SMILES string of the molecule is CCOP(=O)(OCC)OC(C(=O)c1cc(OC)cc(OC)c1)c1ccccc1. The van der Waals surface area contributed by atoms with Gasteiger partial charge in [-0.2, -0.15) is 0 Å². The van der Waals surface area contributed by atoms with Crippen LogP contribution < -0.4 is 9.47 Å². The van der Waals surface area contributed by atoms with Gasteiger partial charge < -0.3 is 9.47 Å². The molecule has 0 fully saturated rings. The van der Waals surface area contributed by atoms with E-state index >= 15 is 0 Å². The van der Waals surface area contributed by atoms with Gasteiger partial charge in [0.25, 0.3) is 0 Å². The van der Waals surface area contributed by atoms with E-state index in [4.69, 9.17) is 23.0 Å². The molecule has 2 aromatic rings. The smallest absolute Gasteiger partial charge is 0.475 e. The molecule has 0 N–H and O–H groups in total. The Bertz CT molecular complexity index is 790. The lowest BCUT2D eigenvalue weighted by atomic mass is 9.99. The summed E-state index contributed by atoms with van der Waals surface area (Å²) in [6.07, 6.45) is -1.19. The maximum atomic E-state index is 13.3. The summed E-state index contributed by atoms with van der Waals surface area (Å²) < 4.78 is 39.4.